The molecule has 0 amide bonds. The Hall–Kier alpha value is -0.870. The van der Waals surface area contributed by atoms with Crippen LogP contribution in [0.25, 0.3) is 0 Å². The molecular formula is C10H15FN2O. The number of rotatable bonds is 3. The minimum absolute atomic E-state index is 0.202. The van der Waals surface area contributed by atoms with Crippen LogP contribution in [0.15, 0.2) is 22.8 Å². The van der Waals surface area contributed by atoms with Crippen molar-refractivity contribution < 1.29 is 8.81 Å². The van der Waals surface area contributed by atoms with Gasteiger partial charge in [-0.05, 0) is 12.1 Å². The molecule has 78 valence electrons. The van der Waals surface area contributed by atoms with Gasteiger partial charge in [-0.1, -0.05) is 0 Å². The van der Waals surface area contributed by atoms with Crippen LogP contribution in [0.5, 0.6) is 0 Å². The average Bonchev–Trinajstić information content (AvgIpc) is 2.74. The van der Waals surface area contributed by atoms with E-state index in [1.54, 1.807) is 12.3 Å². The highest BCUT2D eigenvalue weighted by Crippen LogP contribution is 2.21. The summed E-state index contributed by atoms with van der Waals surface area (Å²) in [5.74, 6) is 0.731. The molecule has 2 heterocycles. The first-order valence-electron chi connectivity index (χ1n) is 4.96. The topological polar surface area (TPSA) is 28.4 Å². The summed E-state index contributed by atoms with van der Waals surface area (Å²) in [5, 5.41) is 3.24. The molecule has 0 spiro atoms. The SMILES string of the molecule is FC[C@H](c1ccco1)N1CCNCC1. The Morgan fingerprint density at radius 2 is 2.29 bits per heavy atom. The Balaban J connectivity index is 2.04. The summed E-state index contributed by atoms with van der Waals surface area (Å²) in [6.45, 7) is 3.24. The predicted molar refractivity (Wildman–Crippen MR) is 51.9 cm³/mol. The van der Waals surface area contributed by atoms with Crippen molar-refractivity contribution in [1.82, 2.24) is 10.2 Å². The molecule has 1 N–H and O–H groups in total. The van der Waals surface area contributed by atoms with E-state index in [1.165, 1.54) is 0 Å². The number of halogens is 1. The van der Waals surface area contributed by atoms with E-state index in [2.05, 4.69) is 10.2 Å². The van der Waals surface area contributed by atoms with Gasteiger partial charge in [0.05, 0.1) is 12.3 Å². The number of hydrogen-bond donors (Lipinski definition) is 1. The van der Waals surface area contributed by atoms with Gasteiger partial charge in [0.1, 0.15) is 12.4 Å². The molecule has 1 aromatic heterocycles. The Bertz CT molecular complexity index is 257. The van der Waals surface area contributed by atoms with Gasteiger partial charge in [-0.15, -0.1) is 0 Å². The quantitative estimate of drug-likeness (QED) is 0.791. The van der Waals surface area contributed by atoms with E-state index in [0.29, 0.717) is 0 Å². The van der Waals surface area contributed by atoms with Gasteiger partial charge in [-0.2, -0.15) is 0 Å². The monoisotopic (exact) mass is 198 g/mol. The zero-order chi connectivity index (χ0) is 9.80. The van der Waals surface area contributed by atoms with Crippen LogP contribution < -0.4 is 5.32 Å². The van der Waals surface area contributed by atoms with Gasteiger partial charge < -0.3 is 9.73 Å². The molecule has 1 aliphatic rings. The smallest absolute Gasteiger partial charge is 0.123 e. The first kappa shape index (κ1) is 9.68. The first-order valence-corrected chi connectivity index (χ1v) is 4.96. The highest BCUT2D eigenvalue weighted by molar-refractivity contribution is 5.05. The second kappa shape index (κ2) is 4.57. The molecule has 3 nitrogen and oxygen atoms in total. The molecule has 1 fully saturated rings. The molecule has 0 saturated carbocycles. The van der Waals surface area contributed by atoms with E-state index < -0.39 is 0 Å². The van der Waals surface area contributed by atoms with E-state index in [4.69, 9.17) is 4.42 Å². The van der Waals surface area contributed by atoms with Crippen LogP contribution in [0.2, 0.25) is 0 Å². The minimum atomic E-state index is -0.381. The van der Waals surface area contributed by atoms with E-state index in [0.717, 1.165) is 31.9 Å². The van der Waals surface area contributed by atoms with Crippen molar-refractivity contribution in [3.8, 4) is 0 Å². The zero-order valence-electron chi connectivity index (χ0n) is 8.08. The Kier molecular flexibility index (Phi) is 3.16. The minimum Gasteiger partial charge on any atom is -0.468 e. The molecule has 14 heavy (non-hydrogen) atoms. The second-order valence-corrected chi connectivity index (χ2v) is 3.47. The third-order valence-corrected chi connectivity index (χ3v) is 2.61. The molecule has 1 atom stereocenters. The normalized spacial score (nSPS) is 20.9. The summed E-state index contributed by atoms with van der Waals surface area (Å²) >= 11 is 0. The van der Waals surface area contributed by atoms with E-state index in [1.807, 2.05) is 6.07 Å². The fourth-order valence-electron chi connectivity index (χ4n) is 1.83. The lowest BCUT2D eigenvalue weighted by Crippen LogP contribution is -2.45. The van der Waals surface area contributed by atoms with Gasteiger partial charge in [-0.3, -0.25) is 4.90 Å². The van der Waals surface area contributed by atoms with Gasteiger partial charge in [-0.25, -0.2) is 4.39 Å². The van der Waals surface area contributed by atoms with Crippen molar-refractivity contribution in [3.63, 3.8) is 0 Å². The van der Waals surface area contributed by atoms with Crippen molar-refractivity contribution in [1.29, 1.82) is 0 Å². The number of hydrogen-bond acceptors (Lipinski definition) is 3. The molecule has 1 aliphatic heterocycles. The second-order valence-electron chi connectivity index (χ2n) is 3.47. The highest BCUT2D eigenvalue weighted by Gasteiger charge is 2.23. The van der Waals surface area contributed by atoms with Gasteiger partial charge >= 0.3 is 0 Å². The Labute approximate surface area is 82.9 Å². The van der Waals surface area contributed by atoms with E-state index in [-0.39, 0.29) is 12.7 Å². The van der Waals surface area contributed by atoms with Crippen molar-refractivity contribution >= 4 is 0 Å². The van der Waals surface area contributed by atoms with Gasteiger partial charge in [0.2, 0.25) is 0 Å². The third-order valence-electron chi connectivity index (χ3n) is 2.61. The summed E-state index contributed by atoms with van der Waals surface area (Å²) in [6.07, 6.45) is 1.60. The lowest BCUT2D eigenvalue weighted by atomic mass is 10.2. The molecule has 0 aromatic carbocycles. The van der Waals surface area contributed by atoms with Crippen molar-refractivity contribution in [2.45, 2.75) is 6.04 Å². The fraction of sp³-hybridized carbons (Fsp3) is 0.600. The highest BCUT2D eigenvalue weighted by atomic mass is 19.1. The number of nitrogens with one attached hydrogen (secondary N) is 1. The zero-order valence-corrected chi connectivity index (χ0v) is 8.08. The molecule has 4 heteroatoms. The van der Waals surface area contributed by atoms with Crippen molar-refractivity contribution in [3.05, 3.63) is 24.2 Å². The van der Waals surface area contributed by atoms with Crippen LogP contribution in [-0.4, -0.2) is 37.8 Å². The summed E-state index contributed by atoms with van der Waals surface area (Å²) < 4.78 is 18.1. The van der Waals surface area contributed by atoms with Crippen LogP contribution in [0.4, 0.5) is 4.39 Å². The summed E-state index contributed by atoms with van der Waals surface area (Å²) in [4.78, 5) is 2.12. The Morgan fingerprint density at radius 3 is 2.86 bits per heavy atom. The van der Waals surface area contributed by atoms with Crippen molar-refractivity contribution in [2.75, 3.05) is 32.9 Å². The third kappa shape index (κ3) is 1.96. The number of alkyl halides is 1. The lowest BCUT2D eigenvalue weighted by Gasteiger charge is -2.32. The first-order chi connectivity index (χ1) is 6.92. The summed E-state index contributed by atoms with van der Waals surface area (Å²) in [7, 11) is 0. The Morgan fingerprint density at radius 1 is 1.50 bits per heavy atom. The number of furan rings is 1. The standard InChI is InChI=1S/C10H15FN2O/c11-8-9(10-2-1-7-14-10)13-5-3-12-4-6-13/h1-2,7,9,12H,3-6,8H2/t9-/m1/s1. The summed E-state index contributed by atoms with van der Waals surface area (Å²) in [5.41, 5.74) is 0. The molecule has 1 saturated heterocycles. The average molecular weight is 198 g/mol. The van der Waals surface area contributed by atoms with Gasteiger partial charge in [0, 0.05) is 26.2 Å². The molecule has 0 bridgehead atoms. The maximum absolute atomic E-state index is 12.9. The molecule has 1 aromatic rings. The largest absolute Gasteiger partial charge is 0.468 e. The lowest BCUT2D eigenvalue weighted by molar-refractivity contribution is 0.130. The fourth-order valence-corrected chi connectivity index (χ4v) is 1.83. The molecule has 2 rings (SSSR count). The molecule has 0 unspecified atom stereocenters. The number of nitrogens with zero attached hydrogens (tertiary/aromatic N) is 1. The number of piperazine rings is 1. The molecule has 0 aliphatic carbocycles. The van der Waals surface area contributed by atoms with Crippen LogP contribution in [-0.2, 0) is 0 Å². The predicted octanol–water partition coefficient (Wildman–Crippen LogP) is 1.20. The maximum atomic E-state index is 12.9. The maximum Gasteiger partial charge on any atom is 0.123 e. The van der Waals surface area contributed by atoms with E-state index >= 15 is 0 Å². The van der Waals surface area contributed by atoms with Crippen molar-refractivity contribution in [2.24, 2.45) is 0 Å². The van der Waals surface area contributed by atoms with Crippen LogP contribution in [0, 0.1) is 0 Å². The van der Waals surface area contributed by atoms with Crippen LogP contribution >= 0.6 is 0 Å². The van der Waals surface area contributed by atoms with Gasteiger partial charge in [0.15, 0.2) is 0 Å². The molecular weight excluding hydrogens is 183 g/mol. The van der Waals surface area contributed by atoms with Crippen LogP contribution in [0.3, 0.4) is 0 Å². The van der Waals surface area contributed by atoms with Gasteiger partial charge in [0.25, 0.3) is 0 Å². The molecule has 0 radical (unpaired) electrons. The van der Waals surface area contributed by atoms with E-state index in [9.17, 15) is 4.39 Å². The van der Waals surface area contributed by atoms with Crippen LogP contribution in [0.1, 0.15) is 11.8 Å². The summed E-state index contributed by atoms with van der Waals surface area (Å²) in [6, 6.07) is 3.44.